The molecule has 0 bridgehead atoms. The van der Waals surface area contributed by atoms with Crippen LogP contribution in [0.4, 0.5) is 17.1 Å². The number of hydrogen-bond donors (Lipinski definition) is 0. The Morgan fingerprint density at radius 1 is 0.310 bits per heavy atom. The molecule has 0 radical (unpaired) electrons. The highest BCUT2D eigenvalue weighted by molar-refractivity contribution is 7.27. The van der Waals surface area contributed by atoms with E-state index in [4.69, 9.17) is 0 Å². The van der Waals surface area contributed by atoms with Gasteiger partial charge in [0.2, 0.25) is 0 Å². The lowest BCUT2D eigenvalue weighted by atomic mass is 9.95. The van der Waals surface area contributed by atoms with Crippen molar-refractivity contribution in [1.29, 1.82) is 0 Å². The maximum atomic E-state index is 2.60. The number of nitrogens with zero attached hydrogens (tertiary/aromatic N) is 1. The predicted octanol–water partition coefficient (Wildman–Crippen LogP) is 17.3. The summed E-state index contributed by atoms with van der Waals surface area (Å²) in [5.41, 5.74) is 10.9. The van der Waals surface area contributed by atoms with Crippen LogP contribution < -0.4 is 4.90 Å². The Kier molecular flexibility index (Phi) is 7.83. The second kappa shape index (κ2) is 13.5. The molecule has 58 heavy (non-hydrogen) atoms. The maximum Gasteiger partial charge on any atom is 0.0633 e. The SMILES string of the molecule is c1ccc(-c2ccc3c(c2)sc2c(-c4ccccc4)ccc(N(c4ccc5sc6ccccc6c5c4)c4c(-c5ccccc5)ccc5sc6ccccc6c45)c23)cc1. The zero-order valence-electron chi connectivity index (χ0n) is 31.2. The van der Waals surface area contributed by atoms with Crippen LogP contribution in [0.5, 0.6) is 0 Å². The van der Waals surface area contributed by atoms with Crippen molar-refractivity contribution in [2.45, 2.75) is 0 Å². The van der Waals surface area contributed by atoms with E-state index in [2.05, 4.69) is 205 Å². The van der Waals surface area contributed by atoms with E-state index in [1.165, 1.54) is 105 Å². The molecule has 9 aromatic carbocycles. The summed E-state index contributed by atoms with van der Waals surface area (Å²) in [6.07, 6.45) is 0. The monoisotopic (exact) mass is 791 g/mol. The van der Waals surface area contributed by atoms with Crippen LogP contribution in [0.3, 0.4) is 0 Å². The number of hydrogen-bond acceptors (Lipinski definition) is 4. The van der Waals surface area contributed by atoms with E-state index in [1.807, 2.05) is 34.0 Å². The highest BCUT2D eigenvalue weighted by Gasteiger charge is 2.27. The van der Waals surface area contributed by atoms with Crippen LogP contribution in [-0.2, 0) is 0 Å². The van der Waals surface area contributed by atoms with Gasteiger partial charge >= 0.3 is 0 Å². The Labute approximate surface area is 347 Å². The second-order valence-electron chi connectivity index (χ2n) is 14.8. The van der Waals surface area contributed by atoms with E-state index >= 15 is 0 Å². The van der Waals surface area contributed by atoms with Crippen molar-refractivity contribution in [3.05, 3.63) is 200 Å². The Hall–Kier alpha value is -6.56. The standard InChI is InChI=1S/C54H33NS3/c1-4-14-34(15-5-1)37-24-26-43-50(32-37)58-54-40(36-18-8-3-9-19-36)27-29-45(51(43)54)55(38-25-30-48-44(33-38)41-20-10-12-22-46(41)56-48)53-39(35-16-6-2-7-17-35)28-31-49-52(53)42-21-11-13-23-47(42)57-49/h1-33H. The second-order valence-corrected chi connectivity index (χ2v) is 18.0. The fourth-order valence-corrected chi connectivity index (χ4v) is 12.3. The lowest BCUT2D eigenvalue weighted by Crippen LogP contribution is -2.12. The zero-order valence-corrected chi connectivity index (χ0v) is 33.7. The summed E-state index contributed by atoms with van der Waals surface area (Å²) in [4.78, 5) is 2.60. The molecule has 0 N–H and O–H groups in total. The van der Waals surface area contributed by atoms with Crippen LogP contribution in [0, 0.1) is 0 Å². The number of thiophene rings is 3. The number of fused-ring (bicyclic) bond motifs is 9. The Bertz CT molecular complexity index is 3500. The molecule has 0 atom stereocenters. The van der Waals surface area contributed by atoms with Crippen LogP contribution in [0.25, 0.3) is 93.9 Å². The molecule has 0 aliphatic heterocycles. The minimum absolute atomic E-state index is 1.14. The molecule has 4 heteroatoms. The smallest absolute Gasteiger partial charge is 0.0633 e. The van der Waals surface area contributed by atoms with Gasteiger partial charge in [0.1, 0.15) is 0 Å². The van der Waals surface area contributed by atoms with E-state index in [0.29, 0.717) is 0 Å². The average Bonchev–Trinajstić information content (AvgIpc) is 3.99. The molecule has 272 valence electrons. The fourth-order valence-electron chi connectivity index (χ4n) is 8.83. The molecule has 3 heterocycles. The fraction of sp³-hybridized carbons (Fsp3) is 0. The van der Waals surface area contributed by atoms with Crippen molar-refractivity contribution in [2.24, 2.45) is 0 Å². The first-order valence-corrected chi connectivity index (χ1v) is 22.0. The van der Waals surface area contributed by atoms with Gasteiger partial charge in [0, 0.05) is 71.8 Å². The Balaban J connectivity index is 1.24. The molecule has 0 unspecified atom stereocenters. The summed E-state index contributed by atoms with van der Waals surface area (Å²) in [5.74, 6) is 0. The molecule has 0 aliphatic carbocycles. The summed E-state index contributed by atoms with van der Waals surface area (Å²) in [7, 11) is 0. The summed E-state index contributed by atoms with van der Waals surface area (Å²) in [6, 6.07) is 74.0. The molecule has 0 saturated heterocycles. The van der Waals surface area contributed by atoms with E-state index in [9.17, 15) is 0 Å². The van der Waals surface area contributed by atoms with Gasteiger partial charge in [0.25, 0.3) is 0 Å². The summed E-state index contributed by atoms with van der Waals surface area (Å²) in [5, 5.41) is 7.68. The molecule has 0 amide bonds. The van der Waals surface area contributed by atoms with Gasteiger partial charge in [-0.3, -0.25) is 0 Å². The molecule has 1 nitrogen and oxygen atoms in total. The lowest BCUT2D eigenvalue weighted by Gasteiger charge is -2.30. The lowest BCUT2D eigenvalue weighted by molar-refractivity contribution is 1.33. The van der Waals surface area contributed by atoms with Crippen molar-refractivity contribution < 1.29 is 0 Å². The third-order valence-electron chi connectivity index (χ3n) is 11.5. The van der Waals surface area contributed by atoms with Crippen LogP contribution >= 0.6 is 34.0 Å². The van der Waals surface area contributed by atoms with E-state index < -0.39 is 0 Å². The third-order valence-corrected chi connectivity index (χ3v) is 14.9. The molecule has 0 fully saturated rings. The molecule has 12 aromatic rings. The summed E-state index contributed by atoms with van der Waals surface area (Å²) >= 11 is 5.65. The zero-order chi connectivity index (χ0) is 38.2. The van der Waals surface area contributed by atoms with Crippen molar-refractivity contribution in [1.82, 2.24) is 0 Å². The minimum atomic E-state index is 1.14. The van der Waals surface area contributed by atoms with Crippen molar-refractivity contribution in [3.8, 4) is 33.4 Å². The van der Waals surface area contributed by atoms with Crippen molar-refractivity contribution in [2.75, 3.05) is 4.90 Å². The van der Waals surface area contributed by atoms with Crippen LogP contribution in [0.2, 0.25) is 0 Å². The minimum Gasteiger partial charge on any atom is -0.308 e. The summed E-state index contributed by atoms with van der Waals surface area (Å²) < 4.78 is 7.75. The van der Waals surface area contributed by atoms with Gasteiger partial charge in [-0.2, -0.15) is 0 Å². The van der Waals surface area contributed by atoms with Gasteiger partial charge in [0.05, 0.1) is 11.4 Å². The van der Waals surface area contributed by atoms with Crippen LogP contribution in [-0.4, -0.2) is 0 Å². The van der Waals surface area contributed by atoms with Gasteiger partial charge in [-0.25, -0.2) is 0 Å². The number of rotatable bonds is 6. The van der Waals surface area contributed by atoms with Gasteiger partial charge in [-0.05, 0) is 76.3 Å². The van der Waals surface area contributed by atoms with Crippen molar-refractivity contribution >= 4 is 112 Å². The first-order valence-electron chi connectivity index (χ1n) is 19.6. The van der Waals surface area contributed by atoms with Crippen molar-refractivity contribution in [3.63, 3.8) is 0 Å². The van der Waals surface area contributed by atoms with Crippen LogP contribution in [0.1, 0.15) is 0 Å². The molecule has 12 rings (SSSR count). The van der Waals surface area contributed by atoms with E-state index in [1.54, 1.807) is 0 Å². The first-order chi connectivity index (χ1) is 28.8. The van der Waals surface area contributed by atoms with E-state index in [0.717, 1.165) is 5.69 Å². The quantitative estimate of drug-likeness (QED) is 0.162. The maximum absolute atomic E-state index is 2.60. The van der Waals surface area contributed by atoms with Gasteiger partial charge in [-0.1, -0.05) is 152 Å². The molecule has 0 aliphatic rings. The largest absolute Gasteiger partial charge is 0.308 e. The summed E-state index contributed by atoms with van der Waals surface area (Å²) in [6.45, 7) is 0. The van der Waals surface area contributed by atoms with Gasteiger partial charge in [-0.15, -0.1) is 34.0 Å². The van der Waals surface area contributed by atoms with E-state index in [-0.39, 0.29) is 0 Å². The van der Waals surface area contributed by atoms with Gasteiger partial charge in [0.15, 0.2) is 0 Å². The molecule has 3 aromatic heterocycles. The molecule has 0 saturated carbocycles. The molecule has 0 spiro atoms. The topological polar surface area (TPSA) is 3.24 Å². The highest BCUT2D eigenvalue weighted by atomic mass is 32.1. The number of benzene rings is 9. The molecular formula is C54H33NS3. The normalized spacial score (nSPS) is 11.8. The average molecular weight is 792 g/mol. The predicted molar refractivity (Wildman–Crippen MR) is 256 cm³/mol. The van der Waals surface area contributed by atoms with Gasteiger partial charge < -0.3 is 4.90 Å². The van der Waals surface area contributed by atoms with Crippen LogP contribution in [0.15, 0.2) is 200 Å². The molecular weight excluding hydrogens is 759 g/mol. The third kappa shape index (κ3) is 5.34. The first kappa shape index (κ1) is 33.6. The number of anilines is 3. The Morgan fingerprint density at radius 3 is 1.64 bits per heavy atom. The highest BCUT2D eigenvalue weighted by Crippen LogP contribution is 2.54. The Morgan fingerprint density at radius 2 is 0.879 bits per heavy atom.